The number of hydrogen-bond donors (Lipinski definition) is 2. The molecule has 2 N–H and O–H groups in total. The van der Waals surface area contributed by atoms with E-state index in [4.69, 9.17) is 23.2 Å². The molecule has 0 spiro atoms. The van der Waals surface area contributed by atoms with E-state index in [0.717, 1.165) is 6.42 Å². The third-order valence-corrected chi connectivity index (χ3v) is 7.35. The molecule has 2 saturated heterocycles. The van der Waals surface area contributed by atoms with Gasteiger partial charge in [0.2, 0.25) is 5.91 Å². The minimum atomic E-state index is -1.16. The lowest BCUT2D eigenvalue weighted by Gasteiger charge is -2.41. The molecule has 2 heterocycles. The Hall–Kier alpha value is -2.19. The number of hydrogen-bond acceptors (Lipinski definition) is 4. The van der Waals surface area contributed by atoms with Crippen molar-refractivity contribution < 1.29 is 19.1 Å². The van der Waals surface area contributed by atoms with Crippen molar-refractivity contribution in [2.45, 2.75) is 30.9 Å². The molecule has 2 aliphatic rings. The number of rotatable bonds is 5. The molecule has 1 unspecified atom stereocenters. The number of aliphatic hydroxyl groups is 1. The number of carbonyl (C=O) groups is 2. The number of halogens is 3. The van der Waals surface area contributed by atoms with Crippen molar-refractivity contribution in [1.29, 1.82) is 0 Å². The van der Waals surface area contributed by atoms with Crippen LogP contribution in [0.2, 0.25) is 10.0 Å². The van der Waals surface area contributed by atoms with Gasteiger partial charge in [-0.2, -0.15) is 0 Å². The second kappa shape index (κ2) is 9.97. The average Bonchev–Trinajstić information content (AvgIpc) is 3.30. The third-order valence-electron chi connectivity index (χ3n) is 6.61. The average molecular weight is 494 g/mol. The normalized spacial score (nSPS) is 20.6. The highest BCUT2D eigenvalue weighted by Crippen LogP contribution is 2.35. The van der Waals surface area contributed by atoms with Gasteiger partial charge in [0.1, 0.15) is 5.82 Å². The van der Waals surface area contributed by atoms with Crippen LogP contribution in [-0.4, -0.2) is 65.5 Å². The lowest BCUT2D eigenvalue weighted by atomic mass is 9.83. The Bertz CT molecular complexity index is 1040. The second-order valence-corrected chi connectivity index (χ2v) is 9.46. The van der Waals surface area contributed by atoms with Gasteiger partial charge in [0.05, 0.1) is 22.2 Å². The Balaban J connectivity index is 1.26. The van der Waals surface area contributed by atoms with Crippen LogP contribution in [0.4, 0.5) is 4.39 Å². The van der Waals surface area contributed by atoms with Gasteiger partial charge in [-0.3, -0.25) is 14.5 Å². The Labute approximate surface area is 202 Å². The largest absolute Gasteiger partial charge is 0.385 e. The summed E-state index contributed by atoms with van der Waals surface area (Å²) in [6, 6.07) is 11.1. The number of nitrogens with zero attached hydrogens (tertiary/aromatic N) is 2. The summed E-state index contributed by atoms with van der Waals surface area (Å²) in [5, 5.41) is 14.3. The molecular weight excluding hydrogens is 468 g/mol. The zero-order chi connectivity index (χ0) is 23.6. The molecule has 2 aliphatic heterocycles. The Morgan fingerprint density at radius 2 is 1.82 bits per heavy atom. The first-order valence-electron chi connectivity index (χ1n) is 11.0. The predicted molar refractivity (Wildman–Crippen MR) is 125 cm³/mol. The van der Waals surface area contributed by atoms with Gasteiger partial charge in [-0.1, -0.05) is 41.4 Å². The van der Waals surface area contributed by atoms with Crippen molar-refractivity contribution in [3.63, 3.8) is 0 Å². The van der Waals surface area contributed by atoms with Crippen molar-refractivity contribution in [3.8, 4) is 0 Å². The maximum Gasteiger partial charge on any atom is 0.251 e. The molecule has 2 aromatic carbocycles. The van der Waals surface area contributed by atoms with Gasteiger partial charge in [0.15, 0.2) is 0 Å². The van der Waals surface area contributed by atoms with Gasteiger partial charge in [-0.15, -0.1) is 0 Å². The minimum absolute atomic E-state index is 0.0984. The molecular formula is C24H26Cl2FN3O3. The number of likely N-dealkylation sites (tertiary alicyclic amines) is 2. The molecule has 1 atom stereocenters. The van der Waals surface area contributed by atoms with E-state index in [2.05, 4.69) is 10.2 Å². The predicted octanol–water partition coefficient (Wildman–Crippen LogP) is 3.45. The van der Waals surface area contributed by atoms with E-state index in [0.29, 0.717) is 55.2 Å². The molecule has 6 nitrogen and oxygen atoms in total. The van der Waals surface area contributed by atoms with Gasteiger partial charge in [-0.05, 0) is 43.5 Å². The fourth-order valence-electron chi connectivity index (χ4n) is 4.64. The summed E-state index contributed by atoms with van der Waals surface area (Å²) >= 11 is 11.8. The lowest BCUT2D eigenvalue weighted by molar-refractivity contribution is -0.129. The second-order valence-electron chi connectivity index (χ2n) is 8.64. The van der Waals surface area contributed by atoms with Crippen molar-refractivity contribution >= 4 is 35.0 Å². The Morgan fingerprint density at radius 3 is 2.52 bits per heavy atom. The topological polar surface area (TPSA) is 72.9 Å². The lowest BCUT2D eigenvalue weighted by Crippen LogP contribution is -2.48. The molecule has 0 radical (unpaired) electrons. The van der Waals surface area contributed by atoms with Crippen LogP contribution in [0.25, 0.3) is 0 Å². The number of amides is 2. The number of nitrogens with one attached hydrogen (secondary N) is 1. The maximum absolute atomic E-state index is 14.2. The Kier molecular flexibility index (Phi) is 7.24. The fraction of sp³-hybridized carbons (Fsp3) is 0.417. The molecule has 0 bridgehead atoms. The van der Waals surface area contributed by atoms with Crippen LogP contribution in [0.15, 0.2) is 42.5 Å². The highest BCUT2D eigenvalue weighted by Gasteiger charge is 2.39. The first-order valence-corrected chi connectivity index (χ1v) is 11.7. The van der Waals surface area contributed by atoms with Gasteiger partial charge in [-0.25, -0.2) is 4.39 Å². The molecule has 2 fully saturated rings. The number of benzene rings is 2. The minimum Gasteiger partial charge on any atom is -0.385 e. The molecule has 0 aromatic heterocycles. The molecule has 33 heavy (non-hydrogen) atoms. The summed E-state index contributed by atoms with van der Waals surface area (Å²) in [4.78, 5) is 28.9. The van der Waals surface area contributed by atoms with E-state index in [1.165, 1.54) is 18.2 Å². The van der Waals surface area contributed by atoms with Crippen LogP contribution in [-0.2, 0) is 10.4 Å². The SMILES string of the molecule is O=C(NCC(=O)N1CCC(N2CCC(O)(c3ccccc3F)CC2)C1)c1ccc(Cl)c(Cl)c1. The van der Waals surface area contributed by atoms with Crippen molar-refractivity contribution in [3.05, 3.63) is 69.5 Å². The summed E-state index contributed by atoms with van der Waals surface area (Å²) in [5.74, 6) is -0.916. The molecule has 0 saturated carbocycles. The fourth-order valence-corrected chi connectivity index (χ4v) is 4.94. The van der Waals surface area contributed by atoms with Gasteiger partial charge >= 0.3 is 0 Å². The molecule has 2 aromatic rings. The molecule has 4 rings (SSSR count). The van der Waals surface area contributed by atoms with Crippen LogP contribution in [0.3, 0.4) is 0 Å². The van der Waals surface area contributed by atoms with E-state index in [1.54, 1.807) is 29.2 Å². The number of carbonyl (C=O) groups excluding carboxylic acids is 2. The summed E-state index contributed by atoms with van der Waals surface area (Å²) in [7, 11) is 0. The molecule has 9 heteroatoms. The standard InChI is InChI=1S/C24H26Cl2FN3O3/c25-19-6-5-16(13-20(19)26)23(32)28-14-22(31)30-10-7-17(15-30)29-11-8-24(33,9-12-29)18-3-1-2-4-21(18)27/h1-6,13,17,33H,7-12,14-15H2,(H,28,32). The summed E-state index contributed by atoms with van der Waals surface area (Å²) in [6.07, 6.45) is 1.71. The molecule has 0 aliphatic carbocycles. The number of piperidine rings is 1. The van der Waals surface area contributed by atoms with Gasteiger partial charge in [0.25, 0.3) is 5.91 Å². The van der Waals surface area contributed by atoms with E-state index in [-0.39, 0.29) is 35.2 Å². The Morgan fingerprint density at radius 1 is 1.09 bits per heavy atom. The maximum atomic E-state index is 14.2. The van der Waals surface area contributed by atoms with E-state index < -0.39 is 5.60 Å². The highest BCUT2D eigenvalue weighted by molar-refractivity contribution is 6.42. The van der Waals surface area contributed by atoms with E-state index in [1.807, 2.05) is 0 Å². The van der Waals surface area contributed by atoms with Crippen molar-refractivity contribution in [2.24, 2.45) is 0 Å². The molecule has 2 amide bonds. The van der Waals surface area contributed by atoms with Crippen molar-refractivity contribution in [2.75, 3.05) is 32.7 Å². The van der Waals surface area contributed by atoms with Crippen molar-refractivity contribution in [1.82, 2.24) is 15.1 Å². The van der Waals surface area contributed by atoms with E-state index >= 15 is 0 Å². The summed E-state index contributed by atoms with van der Waals surface area (Å²) < 4.78 is 14.2. The van der Waals surface area contributed by atoms with E-state index in [9.17, 15) is 19.1 Å². The summed E-state index contributed by atoms with van der Waals surface area (Å²) in [5.41, 5.74) is -0.470. The van der Waals surface area contributed by atoms with Crippen LogP contribution in [0.5, 0.6) is 0 Å². The van der Waals surface area contributed by atoms with Crippen LogP contribution in [0.1, 0.15) is 35.2 Å². The zero-order valence-electron chi connectivity index (χ0n) is 18.1. The highest BCUT2D eigenvalue weighted by atomic mass is 35.5. The van der Waals surface area contributed by atoms with Crippen LogP contribution < -0.4 is 5.32 Å². The smallest absolute Gasteiger partial charge is 0.251 e. The van der Waals surface area contributed by atoms with Gasteiger partial charge < -0.3 is 15.3 Å². The quantitative estimate of drug-likeness (QED) is 0.668. The first-order chi connectivity index (χ1) is 15.8. The van der Waals surface area contributed by atoms with Crippen LogP contribution in [0, 0.1) is 5.82 Å². The third kappa shape index (κ3) is 5.32. The van der Waals surface area contributed by atoms with Gasteiger partial charge in [0, 0.05) is 43.3 Å². The summed E-state index contributed by atoms with van der Waals surface area (Å²) in [6.45, 7) is 2.34. The zero-order valence-corrected chi connectivity index (χ0v) is 19.6. The monoisotopic (exact) mass is 493 g/mol. The molecule has 176 valence electrons. The van der Waals surface area contributed by atoms with Crippen LogP contribution >= 0.6 is 23.2 Å². The first kappa shape index (κ1) is 24.0.